The molecule has 2 heterocycles. The molecule has 2 rings (SSSR count). The predicted octanol–water partition coefficient (Wildman–Crippen LogP) is -1.06. The number of ether oxygens (including phenoxy) is 1. The van der Waals surface area contributed by atoms with E-state index in [1.807, 2.05) is 0 Å². The van der Waals surface area contributed by atoms with Crippen molar-refractivity contribution in [1.29, 1.82) is 0 Å². The Labute approximate surface area is 127 Å². The van der Waals surface area contributed by atoms with Crippen LogP contribution in [0.15, 0.2) is 23.1 Å². The van der Waals surface area contributed by atoms with Gasteiger partial charge < -0.3 is 14.6 Å². The van der Waals surface area contributed by atoms with E-state index in [0.29, 0.717) is 6.42 Å². The maximum absolute atomic E-state index is 11.9. The summed E-state index contributed by atoms with van der Waals surface area (Å²) in [6.07, 6.45) is 1.60. The van der Waals surface area contributed by atoms with E-state index in [-0.39, 0.29) is 23.6 Å². The van der Waals surface area contributed by atoms with Gasteiger partial charge in [-0.3, -0.25) is 9.59 Å². The molecular weight excluding hydrogens is 312 g/mol. The smallest absolute Gasteiger partial charge is 0.339 e. The van der Waals surface area contributed by atoms with Crippen LogP contribution in [0.1, 0.15) is 16.8 Å². The fourth-order valence-electron chi connectivity index (χ4n) is 2.23. The standard InChI is InChI=1S/C13H16N2O6S/c1-21-13(18)9-2-3-12(17)15(6-9)7-11(16)14-10-4-5-22(19,20)8-10/h2-3,6,10H,4-5,7-8H2,1H3,(H,14,16). The van der Waals surface area contributed by atoms with E-state index in [9.17, 15) is 22.8 Å². The summed E-state index contributed by atoms with van der Waals surface area (Å²) in [7, 11) is -1.87. The number of carbonyl (C=O) groups excluding carboxylic acids is 2. The maximum Gasteiger partial charge on any atom is 0.339 e. The number of hydrogen-bond donors (Lipinski definition) is 1. The van der Waals surface area contributed by atoms with Crippen molar-refractivity contribution in [3.63, 3.8) is 0 Å². The topological polar surface area (TPSA) is 112 Å². The van der Waals surface area contributed by atoms with Gasteiger partial charge >= 0.3 is 5.97 Å². The molecule has 1 fully saturated rings. The van der Waals surface area contributed by atoms with Gasteiger partial charge in [0.05, 0.1) is 24.2 Å². The SMILES string of the molecule is COC(=O)c1ccc(=O)n(CC(=O)NC2CCS(=O)(=O)C2)c1. The highest BCUT2D eigenvalue weighted by Gasteiger charge is 2.28. The Bertz CT molecular complexity index is 752. The molecule has 1 aliphatic heterocycles. The molecule has 1 N–H and O–H groups in total. The number of aromatic nitrogens is 1. The zero-order valence-corrected chi connectivity index (χ0v) is 12.8. The minimum absolute atomic E-state index is 0.0513. The fourth-order valence-corrected chi connectivity index (χ4v) is 3.90. The Hall–Kier alpha value is -2.16. The van der Waals surface area contributed by atoms with Crippen LogP contribution in [0.25, 0.3) is 0 Å². The minimum atomic E-state index is -3.09. The fraction of sp³-hybridized carbons (Fsp3) is 0.462. The van der Waals surface area contributed by atoms with Crippen molar-refractivity contribution < 1.29 is 22.7 Å². The largest absolute Gasteiger partial charge is 0.465 e. The highest BCUT2D eigenvalue weighted by molar-refractivity contribution is 7.91. The van der Waals surface area contributed by atoms with Crippen LogP contribution in [-0.4, -0.2) is 49.5 Å². The van der Waals surface area contributed by atoms with E-state index in [1.54, 1.807) is 0 Å². The second-order valence-electron chi connectivity index (χ2n) is 5.04. The maximum atomic E-state index is 11.9. The zero-order valence-electron chi connectivity index (χ0n) is 11.9. The van der Waals surface area contributed by atoms with Gasteiger partial charge in [-0.1, -0.05) is 0 Å². The molecular formula is C13H16N2O6S. The average Bonchev–Trinajstić information content (AvgIpc) is 2.79. The van der Waals surface area contributed by atoms with E-state index in [2.05, 4.69) is 10.1 Å². The Balaban J connectivity index is 2.05. The first-order valence-electron chi connectivity index (χ1n) is 6.59. The molecule has 1 aromatic rings. The molecule has 1 aliphatic rings. The van der Waals surface area contributed by atoms with Crippen molar-refractivity contribution in [2.45, 2.75) is 19.0 Å². The minimum Gasteiger partial charge on any atom is -0.465 e. The summed E-state index contributed by atoms with van der Waals surface area (Å²) >= 11 is 0. The third kappa shape index (κ3) is 3.94. The number of carbonyl (C=O) groups is 2. The van der Waals surface area contributed by atoms with Crippen molar-refractivity contribution in [3.05, 3.63) is 34.2 Å². The van der Waals surface area contributed by atoms with Gasteiger partial charge in [0.1, 0.15) is 6.54 Å². The van der Waals surface area contributed by atoms with Crippen molar-refractivity contribution in [2.75, 3.05) is 18.6 Å². The van der Waals surface area contributed by atoms with E-state index < -0.39 is 33.3 Å². The van der Waals surface area contributed by atoms with Crippen molar-refractivity contribution in [2.24, 2.45) is 0 Å². The number of nitrogens with one attached hydrogen (secondary N) is 1. The number of esters is 1. The summed E-state index contributed by atoms with van der Waals surface area (Å²) in [6, 6.07) is 2.04. The first kappa shape index (κ1) is 16.2. The predicted molar refractivity (Wildman–Crippen MR) is 77.2 cm³/mol. The normalized spacial score (nSPS) is 19.6. The Kier molecular flexibility index (Phi) is 4.65. The highest BCUT2D eigenvalue weighted by atomic mass is 32.2. The molecule has 1 unspecified atom stereocenters. The molecule has 0 bridgehead atoms. The van der Waals surface area contributed by atoms with Crippen LogP contribution in [-0.2, 0) is 25.9 Å². The van der Waals surface area contributed by atoms with Gasteiger partial charge in [-0.15, -0.1) is 0 Å². The van der Waals surface area contributed by atoms with Gasteiger partial charge in [-0.05, 0) is 12.5 Å². The van der Waals surface area contributed by atoms with Crippen molar-refractivity contribution in [3.8, 4) is 0 Å². The molecule has 120 valence electrons. The highest BCUT2D eigenvalue weighted by Crippen LogP contribution is 2.11. The van der Waals surface area contributed by atoms with Gasteiger partial charge in [-0.2, -0.15) is 0 Å². The first-order valence-corrected chi connectivity index (χ1v) is 8.41. The van der Waals surface area contributed by atoms with Crippen LogP contribution in [0.3, 0.4) is 0 Å². The summed E-state index contributed by atoms with van der Waals surface area (Å²) in [5, 5.41) is 2.58. The van der Waals surface area contributed by atoms with Crippen LogP contribution >= 0.6 is 0 Å². The second-order valence-corrected chi connectivity index (χ2v) is 7.27. The van der Waals surface area contributed by atoms with Gasteiger partial charge in [0.25, 0.3) is 5.56 Å². The number of rotatable bonds is 4. The molecule has 22 heavy (non-hydrogen) atoms. The molecule has 0 saturated carbocycles. The second kappa shape index (κ2) is 6.30. The average molecular weight is 328 g/mol. The molecule has 0 aliphatic carbocycles. The lowest BCUT2D eigenvalue weighted by Gasteiger charge is -2.12. The number of hydrogen-bond acceptors (Lipinski definition) is 6. The molecule has 1 amide bonds. The summed E-state index contributed by atoms with van der Waals surface area (Å²) < 4.78 is 28.3. The van der Waals surface area contributed by atoms with E-state index >= 15 is 0 Å². The molecule has 8 nitrogen and oxygen atoms in total. The number of amides is 1. The molecule has 1 atom stereocenters. The van der Waals surface area contributed by atoms with Crippen LogP contribution < -0.4 is 10.9 Å². The van der Waals surface area contributed by atoms with Gasteiger partial charge in [0.15, 0.2) is 9.84 Å². The van der Waals surface area contributed by atoms with E-state index in [4.69, 9.17) is 0 Å². The number of nitrogens with zero attached hydrogens (tertiary/aromatic N) is 1. The van der Waals surface area contributed by atoms with Crippen LogP contribution in [0, 0.1) is 0 Å². The first-order chi connectivity index (χ1) is 10.3. The van der Waals surface area contributed by atoms with Crippen LogP contribution in [0.4, 0.5) is 0 Å². The molecule has 0 radical (unpaired) electrons. The summed E-state index contributed by atoms with van der Waals surface area (Å²) in [5.41, 5.74) is -0.291. The number of pyridine rings is 1. The number of sulfone groups is 1. The molecule has 0 aromatic carbocycles. The van der Waals surface area contributed by atoms with Crippen LogP contribution in [0.5, 0.6) is 0 Å². The van der Waals surface area contributed by atoms with E-state index in [1.165, 1.54) is 25.4 Å². The lowest BCUT2D eigenvalue weighted by Crippen LogP contribution is -2.39. The van der Waals surface area contributed by atoms with Gasteiger partial charge in [0.2, 0.25) is 5.91 Å². The third-order valence-electron chi connectivity index (χ3n) is 3.32. The van der Waals surface area contributed by atoms with Gasteiger partial charge in [-0.25, -0.2) is 13.2 Å². The quantitative estimate of drug-likeness (QED) is 0.705. The Morgan fingerprint density at radius 1 is 1.41 bits per heavy atom. The third-order valence-corrected chi connectivity index (χ3v) is 5.08. The lowest BCUT2D eigenvalue weighted by molar-refractivity contribution is -0.122. The monoisotopic (exact) mass is 328 g/mol. The van der Waals surface area contributed by atoms with Crippen molar-refractivity contribution in [1.82, 2.24) is 9.88 Å². The van der Waals surface area contributed by atoms with E-state index in [0.717, 1.165) is 4.57 Å². The molecule has 0 spiro atoms. The zero-order chi connectivity index (χ0) is 16.3. The van der Waals surface area contributed by atoms with Crippen molar-refractivity contribution >= 4 is 21.7 Å². The summed E-state index contributed by atoms with van der Waals surface area (Å²) in [6.45, 7) is -0.291. The molecule has 1 saturated heterocycles. The molecule has 1 aromatic heterocycles. The molecule has 9 heteroatoms. The number of methoxy groups -OCH3 is 1. The Morgan fingerprint density at radius 2 is 2.14 bits per heavy atom. The summed E-state index contributed by atoms with van der Waals surface area (Å²) in [5.74, 6) is -1.13. The summed E-state index contributed by atoms with van der Waals surface area (Å²) in [4.78, 5) is 35.0. The Morgan fingerprint density at radius 3 is 2.73 bits per heavy atom. The van der Waals surface area contributed by atoms with Crippen LogP contribution in [0.2, 0.25) is 0 Å². The van der Waals surface area contributed by atoms with Gasteiger partial charge in [0, 0.05) is 18.3 Å². The lowest BCUT2D eigenvalue weighted by atomic mass is 10.2.